The molecular weight excluding hydrogens is 442 g/mol. The van der Waals surface area contributed by atoms with Crippen molar-refractivity contribution in [1.29, 1.82) is 0 Å². The highest BCUT2D eigenvalue weighted by atomic mass is 79.9. The maximum Gasteiger partial charge on any atom is 0.258 e. The molecule has 0 fully saturated rings. The first-order valence-electron chi connectivity index (χ1n) is 8.78. The third-order valence-electron chi connectivity index (χ3n) is 4.13. The SMILES string of the molecule is O=C1CC=Cc2c1ccnc2S(=O)(=O)NCCNCC=Cc1ccc(Br)cc1. The van der Waals surface area contributed by atoms with Crippen molar-refractivity contribution in [2.24, 2.45) is 0 Å². The van der Waals surface area contributed by atoms with Crippen LogP contribution in [0.25, 0.3) is 12.2 Å². The van der Waals surface area contributed by atoms with Crippen molar-refractivity contribution >= 4 is 43.9 Å². The number of rotatable bonds is 8. The quantitative estimate of drug-likeness (QED) is 0.589. The van der Waals surface area contributed by atoms with Gasteiger partial charge in [0, 0.05) is 47.9 Å². The van der Waals surface area contributed by atoms with Gasteiger partial charge in [0.05, 0.1) is 0 Å². The number of sulfonamides is 1. The fraction of sp³-hybridized carbons (Fsp3) is 0.200. The zero-order valence-electron chi connectivity index (χ0n) is 15.1. The maximum absolute atomic E-state index is 12.5. The van der Waals surface area contributed by atoms with Gasteiger partial charge in [-0.3, -0.25) is 4.79 Å². The normalized spacial score (nSPS) is 13.8. The van der Waals surface area contributed by atoms with Crippen molar-refractivity contribution in [1.82, 2.24) is 15.0 Å². The standard InChI is InChI=1S/C20H20BrN3O3S/c21-16-8-6-15(7-9-16)3-2-11-22-13-14-24-28(26,27)20-18-4-1-5-19(25)17(18)10-12-23-20/h1-4,6-10,12,22,24H,5,11,13-14H2. The van der Waals surface area contributed by atoms with Crippen molar-refractivity contribution in [3.63, 3.8) is 0 Å². The van der Waals surface area contributed by atoms with E-state index >= 15 is 0 Å². The lowest BCUT2D eigenvalue weighted by atomic mass is 9.98. The van der Waals surface area contributed by atoms with E-state index in [9.17, 15) is 13.2 Å². The Morgan fingerprint density at radius 1 is 1.14 bits per heavy atom. The number of carbonyl (C=O) groups is 1. The van der Waals surface area contributed by atoms with Crippen LogP contribution in [-0.4, -0.2) is 38.8 Å². The van der Waals surface area contributed by atoms with Crippen LogP contribution in [0.1, 0.15) is 27.9 Å². The zero-order valence-corrected chi connectivity index (χ0v) is 17.5. The summed E-state index contributed by atoms with van der Waals surface area (Å²) in [7, 11) is -3.79. The van der Waals surface area contributed by atoms with Crippen LogP contribution in [0.4, 0.5) is 0 Å². The van der Waals surface area contributed by atoms with Crippen molar-refractivity contribution in [2.45, 2.75) is 11.4 Å². The Bertz CT molecular complexity index is 1020. The number of nitrogens with zero attached hydrogens (tertiary/aromatic N) is 1. The van der Waals surface area contributed by atoms with Crippen LogP contribution >= 0.6 is 15.9 Å². The number of nitrogens with one attached hydrogen (secondary N) is 2. The van der Waals surface area contributed by atoms with Gasteiger partial charge in [-0.1, -0.05) is 52.4 Å². The highest BCUT2D eigenvalue weighted by molar-refractivity contribution is 9.10. The van der Waals surface area contributed by atoms with Gasteiger partial charge in [0.2, 0.25) is 0 Å². The average Bonchev–Trinajstić information content (AvgIpc) is 2.68. The van der Waals surface area contributed by atoms with E-state index in [1.54, 1.807) is 18.2 Å². The summed E-state index contributed by atoms with van der Waals surface area (Å²) in [5.41, 5.74) is 1.85. The second kappa shape index (κ2) is 9.38. The Morgan fingerprint density at radius 2 is 1.93 bits per heavy atom. The predicted octanol–water partition coefficient (Wildman–Crippen LogP) is 3.03. The number of Topliss-reactive ketones (excluding diaryl/α,β-unsaturated/α-hetero) is 1. The van der Waals surface area contributed by atoms with Gasteiger partial charge in [0.15, 0.2) is 10.8 Å². The van der Waals surface area contributed by atoms with Crippen molar-refractivity contribution < 1.29 is 13.2 Å². The number of benzene rings is 1. The Kier molecular flexibility index (Phi) is 6.90. The minimum atomic E-state index is -3.79. The molecule has 1 aromatic carbocycles. The summed E-state index contributed by atoms with van der Waals surface area (Å²) in [5, 5.41) is 3.04. The Labute approximate surface area is 172 Å². The second-order valence-electron chi connectivity index (χ2n) is 6.16. The predicted molar refractivity (Wildman–Crippen MR) is 113 cm³/mol. The van der Waals surface area contributed by atoms with Crippen LogP contribution in [0, 0.1) is 0 Å². The molecule has 2 aromatic rings. The third kappa shape index (κ3) is 5.23. The number of aromatic nitrogens is 1. The average molecular weight is 462 g/mol. The molecule has 0 saturated carbocycles. The summed E-state index contributed by atoms with van der Waals surface area (Å²) >= 11 is 3.39. The molecule has 8 heteroatoms. The van der Waals surface area contributed by atoms with Crippen LogP contribution in [0.2, 0.25) is 0 Å². The molecule has 146 valence electrons. The fourth-order valence-electron chi connectivity index (χ4n) is 2.76. The molecule has 1 aromatic heterocycles. The molecule has 1 aliphatic carbocycles. The topological polar surface area (TPSA) is 88.2 Å². The number of pyridine rings is 1. The lowest BCUT2D eigenvalue weighted by Gasteiger charge is -2.14. The molecule has 1 heterocycles. The molecule has 0 saturated heterocycles. The summed E-state index contributed by atoms with van der Waals surface area (Å²) in [4.78, 5) is 15.9. The first-order valence-corrected chi connectivity index (χ1v) is 11.1. The van der Waals surface area contributed by atoms with Gasteiger partial charge in [-0.2, -0.15) is 0 Å². The lowest BCUT2D eigenvalue weighted by molar-refractivity contribution is 0.0994. The van der Waals surface area contributed by atoms with E-state index in [0.29, 0.717) is 24.2 Å². The Hall–Kier alpha value is -2.13. The molecule has 28 heavy (non-hydrogen) atoms. The van der Waals surface area contributed by atoms with Gasteiger partial charge >= 0.3 is 0 Å². The minimum Gasteiger partial charge on any atom is -0.312 e. The molecule has 2 N–H and O–H groups in total. The molecule has 0 aliphatic heterocycles. The van der Waals surface area contributed by atoms with Crippen molar-refractivity contribution in [3.8, 4) is 0 Å². The summed E-state index contributed by atoms with van der Waals surface area (Å²) in [6.07, 6.45) is 8.90. The molecule has 1 aliphatic rings. The highest BCUT2D eigenvalue weighted by Gasteiger charge is 2.24. The maximum atomic E-state index is 12.5. The van der Waals surface area contributed by atoms with Gasteiger partial charge in [-0.25, -0.2) is 18.1 Å². The number of hydrogen-bond acceptors (Lipinski definition) is 5. The van der Waals surface area contributed by atoms with Gasteiger partial charge in [-0.15, -0.1) is 0 Å². The van der Waals surface area contributed by atoms with E-state index < -0.39 is 10.0 Å². The smallest absolute Gasteiger partial charge is 0.258 e. The number of halogens is 1. The molecule has 0 radical (unpaired) electrons. The molecule has 6 nitrogen and oxygen atoms in total. The monoisotopic (exact) mass is 461 g/mol. The lowest BCUT2D eigenvalue weighted by Crippen LogP contribution is -2.33. The Morgan fingerprint density at radius 3 is 2.71 bits per heavy atom. The number of allylic oxidation sites excluding steroid dienone is 1. The number of fused-ring (bicyclic) bond motifs is 1. The highest BCUT2D eigenvalue weighted by Crippen LogP contribution is 2.24. The van der Waals surface area contributed by atoms with Crippen LogP contribution in [0.15, 0.2) is 58.2 Å². The van der Waals surface area contributed by atoms with E-state index in [1.165, 1.54) is 6.20 Å². The minimum absolute atomic E-state index is 0.101. The molecule has 0 atom stereocenters. The largest absolute Gasteiger partial charge is 0.312 e. The van der Waals surface area contributed by atoms with E-state index in [-0.39, 0.29) is 23.8 Å². The van der Waals surface area contributed by atoms with Gasteiger partial charge in [0.25, 0.3) is 10.0 Å². The van der Waals surface area contributed by atoms with Crippen LogP contribution < -0.4 is 10.0 Å². The second-order valence-corrected chi connectivity index (χ2v) is 8.76. The first-order chi connectivity index (χ1) is 13.5. The van der Waals surface area contributed by atoms with Gasteiger partial charge in [0.1, 0.15) is 0 Å². The summed E-state index contributed by atoms with van der Waals surface area (Å²) in [6.45, 7) is 1.30. The van der Waals surface area contributed by atoms with Gasteiger partial charge in [-0.05, 0) is 23.8 Å². The first kappa shape index (κ1) is 20.6. The van der Waals surface area contributed by atoms with Crippen LogP contribution in [-0.2, 0) is 10.0 Å². The summed E-state index contributed by atoms with van der Waals surface area (Å²) < 4.78 is 28.7. The van der Waals surface area contributed by atoms with Gasteiger partial charge < -0.3 is 5.32 Å². The molecule has 0 bridgehead atoms. The van der Waals surface area contributed by atoms with E-state index in [0.717, 1.165) is 10.0 Å². The third-order valence-corrected chi connectivity index (χ3v) is 6.08. The molecule has 3 rings (SSSR count). The number of hydrogen-bond donors (Lipinski definition) is 2. The number of carbonyl (C=O) groups excluding carboxylic acids is 1. The number of ketones is 1. The molecular formula is C20H20BrN3O3S. The molecule has 0 unspecified atom stereocenters. The summed E-state index contributed by atoms with van der Waals surface area (Å²) in [6, 6.07) is 9.50. The van der Waals surface area contributed by atoms with E-state index in [2.05, 4.69) is 31.0 Å². The van der Waals surface area contributed by atoms with Crippen molar-refractivity contribution in [2.75, 3.05) is 19.6 Å². The zero-order chi connectivity index (χ0) is 20.0. The van der Waals surface area contributed by atoms with Crippen molar-refractivity contribution in [3.05, 3.63) is 69.8 Å². The molecule has 0 spiro atoms. The fourth-order valence-corrected chi connectivity index (χ4v) is 4.20. The molecule has 0 amide bonds. The summed E-state index contributed by atoms with van der Waals surface area (Å²) in [5.74, 6) is -0.101. The van der Waals surface area contributed by atoms with Crippen LogP contribution in [0.5, 0.6) is 0 Å². The van der Waals surface area contributed by atoms with E-state index in [1.807, 2.05) is 36.4 Å². The van der Waals surface area contributed by atoms with Crippen LogP contribution in [0.3, 0.4) is 0 Å². The Balaban J connectivity index is 1.50. The van der Waals surface area contributed by atoms with E-state index in [4.69, 9.17) is 0 Å².